The van der Waals surface area contributed by atoms with E-state index in [0.717, 1.165) is 24.8 Å². The van der Waals surface area contributed by atoms with Crippen molar-refractivity contribution in [1.82, 2.24) is 14.7 Å². The summed E-state index contributed by atoms with van der Waals surface area (Å²) in [6.07, 6.45) is 3.40. The maximum absolute atomic E-state index is 12.4. The number of piperidine rings is 1. The van der Waals surface area contributed by atoms with Crippen molar-refractivity contribution in [2.45, 2.75) is 52.0 Å². The molecule has 130 valence electrons. The molecule has 7 nitrogen and oxygen atoms in total. The second-order valence-corrected chi connectivity index (χ2v) is 6.35. The highest BCUT2D eigenvalue weighted by Gasteiger charge is 2.34. The van der Waals surface area contributed by atoms with Gasteiger partial charge in [0.25, 0.3) is 0 Å². The first-order chi connectivity index (χ1) is 11.5. The summed E-state index contributed by atoms with van der Waals surface area (Å²) in [6, 6.07) is 0.0413. The lowest BCUT2D eigenvalue weighted by Crippen LogP contribution is -2.38. The Morgan fingerprint density at radius 2 is 1.96 bits per heavy atom. The zero-order chi connectivity index (χ0) is 17.3. The third kappa shape index (κ3) is 2.95. The van der Waals surface area contributed by atoms with Crippen LogP contribution in [0.3, 0.4) is 0 Å². The number of fused-ring (bicyclic) bond motifs is 1. The standard InChI is InChI=1S/C17H23N3O4/c1-3-24-17(23)15-13-5-4-6-14(22)16(13)20(18-15)12-7-9-19(10-8-12)11(2)21/h12H,3-10H2,1-2H3. The monoisotopic (exact) mass is 333 g/mol. The highest BCUT2D eigenvalue weighted by atomic mass is 16.5. The molecule has 1 aromatic rings. The summed E-state index contributed by atoms with van der Waals surface area (Å²) < 4.78 is 6.84. The summed E-state index contributed by atoms with van der Waals surface area (Å²) in [5.74, 6) is -0.337. The van der Waals surface area contributed by atoms with E-state index in [0.29, 0.717) is 31.6 Å². The first-order valence-corrected chi connectivity index (χ1v) is 8.60. The van der Waals surface area contributed by atoms with E-state index in [1.54, 1.807) is 23.4 Å². The lowest BCUT2D eigenvalue weighted by molar-refractivity contribution is -0.130. The van der Waals surface area contributed by atoms with Gasteiger partial charge < -0.3 is 9.64 Å². The van der Waals surface area contributed by atoms with E-state index in [2.05, 4.69) is 5.10 Å². The largest absolute Gasteiger partial charge is 0.461 e. The molecule has 0 aromatic carbocycles. The Balaban J connectivity index is 1.92. The molecule has 1 aliphatic heterocycles. The predicted octanol–water partition coefficient (Wildman–Crippen LogP) is 1.76. The number of carbonyl (C=O) groups is 3. The first kappa shape index (κ1) is 16.7. The summed E-state index contributed by atoms with van der Waals surface area (Å²) in [7, 11) is 0. The summed E-state index contributed by atoms with van der Waals surface area (Å²) >= 11 is 0. The number of Topliss-reactive ketones (excluding diaryl/α,β-unsaturated/α-hetero) is 1. The molecule has 1 fully saturated rings. The van der Waals surface area contributed by atoms with Crippen LogP contribution in [0, 0.1) is 0 Å². The fraction of sp³-hybridized carbons (Fsp3) is 0.647. The van der Waals surface area contributed by atoms with Gasteiger partial charge in [-0.1, -0.05) is 0 Å². The van der Waals surface area contributed by atoms with Gasteiger partial charge in [0.15, 0.2) is 11.5 Å². The summed E-state index contributed by atoms with van der Waals surface area (Å²) in [6.45, 7) is 4.91. The molecule has 2 aliphatic rings. The number of esters is 1. The molecule has 1 aromatic heterocycles. The van der Waals surface area contributed by atoms with Crippen LogP contribution >= 0.6 is 0 Å². The minimum absolute atomic E-state index is 0.0413. The number of nitrogens with zero attached hydrogens (tertiary/aromatic N) is 3. The molecule has 0 radical (unpaired) electrons. The maximum atomic E-state index is 12.4. The van der Waals surface area contributed by atoms with Crippen LogP contribution in [-0.2, 0) is 16.0 Å². The minimum atomic E-state index is -0.455. The van der Waals surface area contributed by atoms with E-state index in [9.17, 15) is 14.4 Å². The number of hydrogen-bond donors (Lipinski definition) is 0. The number of aromatic nitrogens is 2. The lowest BCUT2D eigenvalue weighted by atomic mass is 9.93. The molecule has 0 bridgehead atoms. The van der Waals surface area contributed by atoms with Crippen molar-refractivity contribution in [2.75, 3.05) is 19.7 Å². The predicted molar refractivity (Wildman–Crippen MR) is 86.0 cm³/mol. The van der Waals surface area contributed by atoms with Crippen molar-refractivity contribution in [3.8, 4) is 0 Å². The van der Waals surface area contributed by atoms with Crippen molar-refractivity contribution >= 4 is 17.7 Å². The van der Waals surface area contributed by atoms with Crippen LogP contribution in [-0.4, -0.2) is 52.0 Å². The highest BCUT2D eigenvalue weighted by molar-refractivity contribution is 6.00. The highest BCUT2D eigenvalue weighted by Crippen LogP contribution is 2.31. The fourth-order valence-electron chi connectivity index (χ4n) is 3.60. The van der Waals surface area contributed by atoms with Crippen LogP contribution in [0.15, 0.2) is 0 Å². The molecule has 3 rings (SSSR count). The van der Waals surface area contributed by atoms with Crippen molar-refractivity contribution in [3.63, 3.8) is 0 Å². The Bertz CT molecular complexity index is 672. The Hall–Kier alpha value is -2.18. The number of amides is 1. The smallest absolute Gasteiger partial charge is 0.359 e. The van der Waals surface area contributed by atoms with Gasteiger partial charge in [0.05, 0.1) is 12.6 Å². The molecular formula is C17H23N3O4. The van der Waals surface area contributed by atoms with Gasteiger partial charge >= 0.3 is 5.97 Å². The molecule has 0 spiro atoms. The van der Waals surface area contributed by atoms with E-state index in [-0.39, 0.29) is 30.0 Å². The molecule has 7 heteroatoms. The quantitative estimate of drug-likeness (QED) is 0.787. The molecule has 2 heterocycles. The van der Waals surface area contributed by atoms with Gasteiger partial charge in [0, 0.05) is 32.0 Å². The molecule has 0 atom stereocenters. The van der Waals surface area contributed by atoms with Gasteiger partial charge in [-0.2, -0.15) is 5.10 Å². The van der Waals surface area contributed by atoms with Crippen LogP contribution in [0.1, 0.15) is 72.1 Å². The van der Waals surface area contributed by atoms with Crippen molar-refractivity contribution in [1.29, 1.82) is 0 Å². The topological polar surface area (TPSA) is 81.5 Å². The normalized spacial score (nSPS) is 18.4. The Labute approximate surface area is 140 Å². The van der Waals surface area contributed by atoms with Crippen molar-refractivity contribution in [3.05, 3.63) is 17.0 Å². The molecule has 1 saturated heterocycles. The molecule has 24 heavy (non-hydrogen) atoms. The van der Waals surface area contributed by atoms with Gasteiger partial charge in [-0.05, 0) is 32.6 Å². The fourth-order valence-corrected chi connectivity index (χ4v) is 3.60. The SMILES string of the molecule is CCOC(=O)c1nn(C2CCN(C(C)=O)CC2)c2c1CCCC2=O. The molecule has 0 N–H and O–H groups in total. The van der Waals surface area contributed by atoms with Gasteiger partial charge in [-0.15, -0.1) is 0 Å². The van der Waals surface area contributed by atoms with E-state index in [4.69, 9.17) is 4.74 Å². The summed E-state index contributed by atoms with van der Waals surface area (Å²) in [5, 5.41) is 4.47. The zero-order valence-electron chi connectivity index (χ0n) is 14.2. The Kier molecular flexibility index (Phi) is 4.69. The average Bonchev–Trinajstić information content (AvgIpc) is 2.96. The number of ether oxygens (including phenoxy) is 1. The Morgan fingerprint density at radius 1 is 1.25 bits per heavy atom. The van der Waals surface area contributed by atoms with E-state index in [1.165, 1.54) is 0 Å². The first-order valence-electron chi connectivity index (χ1n) is 8.60. The summed E-state index contributed by atoms with van der Waals surface area (Å²) in [4.78, 5) is 37.9. The molecule has 0 unspecified atom stereocenters. The number of ketones is 1. The van der Waals surface area contributed by atoms with Crippen LogP contribution in [0.5, 0.6) is 0 Å². The third-order valence-corrected chi connectivity index (χ3v) is 4.83. The lowest BCUT2D eigenvalue weighted by Gasteiger charge is -2.32. The zero-order valence-corrected chi connectivity index (χ0v) is 14.2. The van der Waals surface area contributed by atoms with Crippen molar-refractivity contribution in [2.24, 2.45) is 0 Å². The van der Waals surface area contributed by atoms with E-state index in [1.807, 2.05) is 0 Å². The number of rotatable bonds is 3. The molecule has 1 aliphatic carbocycles. The van der Waals surface area contributed by atoms with E-state index < -0.39 is 5.97 Å². The van der Waals surface area contributed by atoms with Crippen LogP contribution in [0.2, 0.25) is 0 Å². The Morgan fingerprint density at radius 3 is 2.58 bits per heavy atom. The van der Waals surface area contributed by atoms with Crippen molar-refractivity contribution < 1.29 is 19.1 Å². The number of likely N-dealkylation sites (tertiary alicyclic amines) is 1. The van der Waals surface area contributed by atoms with E-state index >= 15 is 0 Å². The number of hydrogen-bond acceptors (Lipinski definition) is 5. The van der Waals surface area contributed by atoms with Gasteiger partial charge in [0.2, 0.25) is 5.91 Å². The third-order valence-electron chi connectivity index (χ3n) is 4.83. The van der Waals surface area contributed by atoms with Gasteiger partial charge in [0.1, 0.15) is 5.69 Å². The van der Waals surface area contributed by atoms with Crippen LogP contribution < -0.4 is 0 Å². The second-order valence-electron chi connectivity index (χ2n) is 6.35. The second kappa shape index (κ2) is 6.75. The average molecular weight is 333 g/mol. The summed E-state index contributed by atoms with van der Waals surface area (Å²) in [5.41, 5.74) is 1.60. The van der Waals surface area contributed by atoms with Crippen LogP contribution in [0.4, 0.5) is 0 Å². The number of carbonyl (C=O) groups excluding carboxylic acids is 3. The van der Waals surface area contributed by atoms with Crippen LogP contribution in [0.25, 0.3) is 0 Å². The molecular weight excluding hydrogens is 310 g/mol. The minimum Gasteiger partial charge on any atom is -0.461 e. The maximum Gasteiger partial charge on any atom is 0.359 e. The van der Waals surface area contributed by atoms with Gasteiger partial charge in [-0.25, -0.2) is 4.79 Å². The molecule has 1 amide bonds. The molecule has 0 saturated carbocycles. The van der Waals surface area contributed by atoms with Gasteiger partial charge in [-0.3, -0.25) is 14.3 Å².